The predicted molar refractivity (Wildman–Crippen MR) is 84.5 cm³/mol. The van der Waals surface area contributed by atoms with Gasteiger partial charge in [-0.25, -0.2) is 0 Å². The summed E-state index contributed by atoms with van der Waals surface area (Å²) < 4.78 is 10.7. The monoisotopic (exact) mass is 309 g/mol. The molecule has 1 saturated heterocycles. The summed E-state index contributed by atoms with van der Waals surface area (Å²) in [6.07, 6.45) is 2.26. The van der Waals surface area contributed by atoms with Crippen molar-refractivity contribution in [3.05, 3.63) is 11.7 Å². The van der Waals surface area contributed by atoms with Crippen molar-refractivity contribution >= 4 is 5.96 Å². The van der Waals surface area contributed by atoms with E-state index in [1.165, 1.54) is 12.8 Å². The van der Waals surface area contributed by atoms with E-state index in [0.29, 0.717) is 24.9 Å². The highest BCUT2D eigenvalue weighted by atomic mass is 16.5. The third-order valence-corrected chi connectivity index (χ3v) is 3.96. The smallest absolute Gasteiger partial charge is 0.246 e. The summed E-state index contributed by atoms with van der Waals surface area (Å²) in [5, 5.41) is 7.25. The average Bonchev–Trinajstić information content (AvgIpc) is 2.99. The highest BCUT2D eigenvalue weighted by Crippen LogP contribution is 2.16. The number of guanidine groups is 1. The van der Waals surface area contributed by atoms with Crippen molar-refractivity contribution in [1.29, 1.82) is 0 Å². The molecule has 1 unspecified atom stereocenters. The third-order valence-electron chi connectivity index (χ3n) is 3.96. The average molecular weight is 309 g/mol. The minimum atomic E-state index is -0.148. The van der Waals surface area contributed by atoms with Crippen LogP contribution in [-0.4, -0.2) is 47.7 Å². The van der Waals surface area contributed by atoms with Gasteiger partial charge >= 0.3 is 0 Å². The van der Waals surface area contributed by atoms with Crippen molar-refractivity contribution in [3.63, 3.8) is 0 Å². The molecule has 1 aromatic heterocycles. The van der Waals surface area contributed by atoms with E-state index in [1.54, 1.807) is 7.05 Å². The Bertz CT molecular complexity index is 480. The number of ether oxygens (including phenoxy) is 1. The van der Waals surface area contributed by atoms with E-state index in [2.05, 4.69) is 32.3 Å². The fourth-order valence-electron chi connectivity index (χ4n) is 2.54. The molecule has 2 rings (SSSR count). The maximum atomic E-state index is 5.46. The van der Waals surface area contributed by atoms with E-state index in [4.69, 9.17) is 9.26 Å². The van der Waals surface area contributed by atoms with Gasteiger partial charge in [-0.3, -0.25) is 4.99 Å². The largest absolute Gasteiger partial charge is 0.371 e. The minimum Gasteiger partial charge on any atom is -0.371 e. The topological polar surface area (TPSA) is 75.8 Å². The number of hydrogen-bond donors (Lipinski definition) is 1. The fraction of sp³-hybridized carbons (Fsp3) is 0.800. The van der Waals surface area contributed by atoms with Crippen molar-refractivity contribution in [2.75, 3.05) is 26.7 Å². The van der Waals surface area contributed by atoms with Crippen LogP contribution in [0, 0.1) is 5.92 Å². The van der Waals surface area contributed by atoms with Crippen LogP contribution >= 0.6 is 0 Å². The second-order valence-electron chi connectivity index (χ2n) is 5.71. The standard InChI is InChI=1S/C15H27N5O2/c1-5-21-12(3)14-18-13(22-19-14)10-17-15(16-4)20-8-6-11(2)7-9-20/h11-12H,5-10H2,1-4H3,(H,16,17). The van der Waals surface area contributed by atoms with E-state index in [0.717, 1.165) is 25.0 Å². The molecular formula is C15H27N5O2. The van der Waals surface area contributed by atoms with Crippen molar-refractivity contribution in [2.45, 2.75) is 46.3 Å². The number of hydrogen-bond acceptors (Lipinski definition) is 5. The molecule has 0 aromatic carbocycles. The summed E-state index contributed by atoms with van der Waals surface area (Å²) in [7, 11) is 1.80. The van der Waals surface area contributed by atoms with Gasteiger partial charge in [0.15, 0.2) is 11.8 Å². The lowest BCUT2D eigenvalue weighted by atomic mass is 10.00. The Morgan fingerprint density at radius 1 is 1.50 bits per heavy atom. The van der Waals surface area contributed by atoms with E-state index in [1.807, 2.05) is 13.8 Å². The van der Waals surface area contributed by atoms with Crippen LogP contribution < -0.4 is 5.32 Å². The van der Waals surface area contributed by atoms with E-state index in [9.17, 15) is 0 Å². The normalized spacial score (nSPS) is 18.5. The molecule has 0 amide bonds. The summed E-state index contributed by atoms with van der Waals surface area (Å²) in [5.41, 5.74) is 0. The molecule has 1 N–H and O–H groups in total. The molecule has 0 saturated carbocycles. The van der Waals surface area contributed by atoms with Gasteiger partial charge in [0, 0.05) is 26.7 Å². The molecule has 1 aliphatic heterocycles. The Morgan fingerprint density at radius 3 is 2.86 bits per heavy atom. The molecule has 0 radical (unpaired) electrons. The third kappa shape index (κ3) is 4.43. The summed E-state index contributed by atoms with van der Waals surface area (Å²) in [4.78, 5) is 11.0. The molecule has 1 aliphatic rings. The summed E-state index contributed by atoms with van der Waals surface area (Å²) in [6.45, 7) is 9.34. The Morgan fingerprint density at radius 2 is 2.23 bits per heavy atom. The molecule has 0 spiro atoms. The van der Waals surface area contributed by atoms with Crippen LogP contribution in [0.1, 0.15) is 51.4 Å². The summed E-state index contributed by atoms with van der Waals surface area (Å²) >= 11 is 0. The van der Waals surface area contributed by atoms with E-state index < -0.39 is 0 Å². The zero-order chi connectivity index (χ0) is 15.9. The first-order valence-corrected chi connectivity index (χ1v) is 8.03. The molecule has 124 valence electrons. The second kappa shape index (κ2) is 8.12. The molecule has 1 fully saturated rings. The molecule has 1 atom stereocenters. The van der Waals surface area contributed by atoms with Crippen LogP contribution in [0.25, 0.3) is 0 Å². The minimum absolute atomic E-state index is 0.148. The van der Waals surface area contributed by atoms with Gasteiger partial charge in [0.05, 0.1) is 6.54 Å². The molecule has 0 bridgehead atoms. The van der Waals surface area contributed by atoms with Gasteiger partial charge < -0.3 is 19.5 Å². The van der Waals surface area contributed by atoms with Crippen molar-refractivity contribution in [2.24, 2.45) is 10.9 Å². The SMILES string of the molecule is CCOC(C)c1noc(CNC(=NC)N2CCC(C)CC2)n1. The zero-order valence-electron chi connectivity index (χ0n) is 14.0. The number of piperidine rings is 1. The zero-order valence-corrected chi connectivity index (χ0v) is 14.0. The number of likely N-dealkylation sites (tertiary alicyclic amines) is 1. The lowest BCUT2D eigenvalue weighted by Gasteiger charge is -2.32. The highest BCUT2D eigenvalue weighted by Gasteiger charge is 2.19. The van der Waals surface area contributed by atoms with Crippen LogP contribution in [0.15, 0.2) is 9.52 Å². The Hall–Kier alpha value is -1.63. The van der Waals surface area contributed by atoms with Gasteiger partial charge in [-0.15, -0.1) is 0 Å². The van der Waals surface area contributed by atoms with Crippen molar-refractivity contribution in [3.8, 4) is 0 Å². The first kappa shape index (κ1) is 16.7. The van der Waals surface area contributed by atoms with Gasteiger partial charge in [0.2, 0.25) is 5.89 Å². The fourth-order valence-corrected chi connectivity index (χ4v) is 2.54. The lowest BCUT2D eigenvalue weighted by molar-refractivity contribution is 0.0683. The van der Waals surface area contributed by atoms with Crippen molar-refractivity contribution in [1.82, 2.24) is 20.4 Å². The number of aliphatic imine (C=N–C) groups is 1. The van der Waals surface area contributed by atoms with E-state index in [-0.39, 0.29) is 6.10 Å². The number of rotatable bonds is 5. The molecule has 2 heterocycles. The highest BCUT2D eigenvalue weighted by molar-refractivity contribution is 5.79. The quantitative estimate of drug-likeness (QED) is 0.662. The maximum Gasteiger partial charge on any atom is 0.246 e. The molecule has 7 nitrogen and oxygen atoms in total. The summed E-state index contributed by atoms with van der Waals surface area (Å²) in [5.74, 6) is 2.82. The number of nitrogens with one attached hydrogen (secondary N) is 1. The van der Waals surface area contributed by atoms with Gasteiger partial charge in [-0.1, -0.05) is 12.1 Å². The Labute approximate surface area is 132 Å². The van der Waals surface area contributed by atoms with E-state index >= 15 is 0 Å². The molecular weight excluding hydrogens is 282 g/mol. The van der Waals surface area contributed by atoms with Crippen LogP contribution in [0.5, 0.6) is 0 Å². The van der Waals surface area contributed by atoms with Crippen LogP contribution in [-0.2, 0) is 11.3 Å². The van der Waals surface area contributed by atoms with Gasteiger partial charge in [0.25, 0.3) is 0 Å². The van der Waals surface area contributed by atoms with Crippen LogP contribution in [0.2, 0.25) is 0 Å². The van der Waals surface area contributed by atoms with Gasteiger partial charge in [0.1, 0.15) is 6.10 Å². The first-order chi connectivity index (χ1) is 10.6. The number of nitrogens with zero attached hydrogens (tertiary/aromatic N) is 4. The lowest BCUT2D eigenvalue weighted by Crippen LogP contribution is -2.45. The van der Waals surface area contributed by atoms with Crippen LogP contribution in [0.4, 0.5) is 0 Å². The van der Waals surface area contributed by atoms with Crippen LogP contribution in [0.3, 0.4) is 0 Å². The number of aromatic nitrogens is 2. The summed E-state index contributed by atoms with van der Waals surface area (Å²) in [6, 6.07) is 0. The Kier molecular flexibility index (Phi) is 6.18. The molecule has 1 aromatic rings. The molecule has 0 aliphatic carbocycles. The maximum absolute atomic E-state index is 5.46. The van der Waals surface area contributed by atoms with Gasteiger partial charge in [-0.2, -0.15) is 4.98 Å². The molecule has 22 heavy (non-hydrogen) atoms. The van der Waals surface area contributed by atoms with Crippen molar-refractivity contribution < 1.29 is 9.26 Å². The molecule has 7 heteroatoms. The van der Waals surface area contributed by atoms with Gasteiger partial charge in [-0.05, 0) is 32.6 Å². The Balaban J connectivity index is 1.86. The second-order valence-corrected chi connectivity index (χ2v) is 5.71. The predicted octanol–water partition coefficient (Wildman–Crippen LogP) is 1.97. The first-order valence-electron chi connectivity index (χ1n) is 8.03.